The number of nitrogens with zero attached hydrogens (tertiary/aromatic N) is 4. The van der Waals surface area contributed by atoms with E-state index in [0.717, 1.165) is 38.4 Å². The minimum absolute atomic E-state index is 0.0929. The van der Waals surface area contributed by atoms with Gasteiger partial charge in [-0.3, -0.25) is 4.79 Å². The summed E-state index contributed by atoms with van der Waals surface area (Å²) in [4.78, 5) is 16.5. The Hall–Kier alpha value is -0.920. The maximum atomic E-state index is 12.2. The highest BCUT2D eigenvalue weighted by atomic mass is 79.9. The van der Waals surface area contributed by atoms with Gasteiger partial charge in [0, 0.05) is 19.6 Å². The lowest BCUT2D eigenvalue weighted by Gasteiger charge is -2.18. The molecule has 0 aliphatic heterocycles. The standard InChI is InChI=1S/C14H26BrN5O/c1-5-19(6-2)8-7-16-12-11-17-20(10-9-18(3)4)14(21)13(12)15/h11,16H,5-10H2,1-4H3. The molecule has 7 heteroatoms. The predicted octanol–water partition coefficient (Wildman–Crippen LogP) is 1.32. The fraction of sp³-hybridized carbons (Fsp3) is 0.714. The third-order valence-electron chi connectivity index (χ3n) is 3.38. The van der Waals surface area contributed by atoms with Crippen molar-refractivity contribution in [3.63, 3.8) is 0 Å². The number of halogens is 1. The summed E-state index contributed by atoms with van der Waals surface area (Å²) in [5.41, 5.74) is 0.665. The van der Waals surface area contributed by atoms with E-state index in [1.807, 2.05) is 19.0 Å². The Morgan fingerprint density at radius 3 is 2.52 bits per heavy atom. The van der Waals surface area contributed by atoms with Gasteiger partial charge in [0.25, 0.3) is 5.56 Å². The second kappa shape index (κ2) is 9.17. The first-order valence-corrected chi connectivity index (χ1v) is 8.15. The van der Waals surface area contributed by atoms with Crippen LogP contribution in [0.5, 0.6) is 0 Å². The van der Waals surface area contributed by atoms with Gasteiger partial charge in [-0.15, -0.1) is 0 Å². The molecule has 0 radical (unpaired) electrons. The highest BCUT2D eigenvalue weighted by molar-refractivity contribution is 9.10. The summed E-state index contributed by atoms with van der Waals surface area (Å²) in [6.45, 7) is 9.47. The van der Waals surface area contributed by atoms with Crippen LogP contribution in [0.15, 0.2) is 15.5 Å². The molecule has 0 spiro atoms. The van der Waals surface area contributed by atoms with Crippen LogP contribution in [-0.4, -0.2) is 66.4 Å². The first kappa shape index (κ1) is 18.1. The van der Waals surface area contributed by atoms with Gasteiger partial charge < -0.3 is 15.1 Å². The summed E-state index contributed by atoms with van der Waals surface area (Å²) in [5, 5.41) is 7.49. The molecular formula is C14H26BrN5O. The van der Waals surface area contributed by atoms with Crippen molar-refractivity contribution in [3.8, 4) is 0 Å². The van der Waals surface area contributed by atoms with Crippen molar-refractivity contribution in [2.75, 3.05) is 52.1 Å². The van der Waals surface area contributed by atoms with Crippen molar-refractivity contribution in [1.29, 1.82) is 0 Å². The summed E-state index contributed by atoms with van der Waals surface area (Å²) in [6.07, 6.45) is 1.71. The molecule has 21 heavy (non-hydrogen) atoms. The Bertz CT molecular complexity index is 485. The third kappa shape index (κ3) is 5.76. The quantitative estimate of drug-likeness (QED) is 0.720. The van der Waals surface area contributed by atoms with Gasteiger partial charge >= 0.3 is 0 Å². The minimum Gasteiger partial charge on any atom is -0.381 e. The third-order valence-corrected chi connectivity index (χ3v) is 4.15. The van der Waals surface area contributed by atoms with E-state index < -0.39 is 0 Å². The van der Waals surface area contributed by atoms with Crippen LogP contribution >= 0.6 is 15.9 Å². The monoisotopic (exact) mass is 359 g/mol. The highest BCUT2D eigenvalue weighted by Crippen LogP contribution is 2.15. The number of rotatable bonds is 9. The smallest absolute Gasteiger partial charge is 0.283 e. The Balaban J connectivity index is 2.65. The number of likely N-dealkylation sites (N-methyl/N-ethyl adjacent to an activating group) is 2. The zero-order valence-electron chi connectivity index (χ0n) is 13.4. The molecule has 0 aliphatic rings. The molecule has 0 fully saturated rings. The fourth-order valence-electron chi connectivity index (χ4n) is 1.93. The van der Waals surface area contributed by atoms with Gasteiger partial charge in [0.05, 0.1) is 18.4 Å². The molecule has 0 aliphatic carbocycles. The maximum absolute atomic E-state index is 12.2. The Morgan fingerprint density at radius 2 is 1.95 bits per heavy atom. The van der Waals surface area contributed by atoms with Crippen molar-refractivity contribution in [3.05, 3.63) is 21.0 Å². The lowest BCUT2D eigenvalue weighted by atomic mass is 10.4. The van der Waals surface area contributed by atoms with E-state index in [1.165, 1.54) is 4.68 Å². The predicted molar refractivity (Wildman–Crippen MR) is 91.0 cm³/mol. The molecule has 0 saturated carbocycles. The number of hydrogen-bond acceptors (Lipinski definition) is 5. The van der Waals surface area contributed by atoms with Crippen molar-refractivity contribution in [2.45, 2.75) is 20.4 Å². The summed E-state index contributed by atoms with van der Waals surface area (Å²) in [6, 6.07) is 0. The number of hydrogen-bond donors (Lipinski definition) is 1. The molecule has 0 atom stereocenters. The van der Waals surface area contributed by atoms with Crippen LogP contribution in [0.4, 0.5) is 5.69 Å². The first-order valence-electron chi connectivity index (χ1n) is 7.36. The van der Waals surface area contributed by atoms with Gasteiger partial charge in [0.2, 0.25) is 0 Å². The van der Waals surface area contributed by atoms with Gasteiger partial charge in [0.1, 0.15) is 4.47 Å². The van der Waals surface area contributed by atoms with Crippen LogP contribution < -0.4 is 10.9 Å². The number of nitrogens with one attached hydrogen (secondary N) is 1. The lowest BCUT2D eigenvalue weighted by Crippen LogP contribution is -2.31. The van der Waals surface area contributed by atoms with Gasteiger partial charge in [0.15, 0.2) is 0 Å². The van der Waals surface area contributed by atoms with Crippen LogP contribution in [0, 0.1) is 0 Å². The molecule has 1 aromatic rings. The van der Waals surface area contributed by atoms with Crippen LogP contribution in [0.1, 0.15) is 13.8 Å². The van der Waals surface area contributed by atoms with Gasteiger partial charge in [-0.2, -0.15) is 5.10 Å². The molecule has 1 rings (SSSR count). The average molecular weight is 360 g/mol. The number of aromatic nitrogens is 2. The molecule has 0 aromatic carbocycles. The summed E-state index contributed by atoms with van der Waals surface area (Å²) >= 11 is 3.38. The normalized spacial score (nSPS) is 11.4. The molecule has 1 aromatic heterocycles. The van der Waals surface area contributed by atoms with Crippen molar-refractivity contribution in [1.82, 2.24) is 19.6 Å². The van der Waals surface area contributed by atoms with Crippen molar-refractivity contribution < 1.29 is 0 Å². The first-order chi connectivity index (χ1) is 9.99. The highest BCUT2D eigenvalue weighted by Gasteiger charge is 2.09. The molecule has 0 unspecified atom stereocenters. The van der Waals surface area contributed by atoms with Crippen LogP contribution in [-0.2, 0) is 6.54 Å². The maximum Gasteiger partial charge on any atom is 0.283 e. The van der Waals surface area contributed by atoms with Gasteiger partial charge in [-0.25, -0.2) is 4.68 Å². The SMILES string of the molecule is CCN(CC)CCNc1cnn(CCN(C)C)c(=O)c1Br. The molecule has 120 valence electrons. The lowest BCUT2D eigenvalue weighted by molar-refractivity contribution is 0.316. The van der Waals surface area contributed by atoms with Crippen molar-refractivity contribution in [2.24, 2.45) is 0 Å². The molecular weight excluding hydrogens is 334 g/mol. The second-order valence-electron chi connectivity index (χ2n) is 5.16. The molecule has 0 bridgehead atoms. The molecule has 1 heterocycles. The summed E-state index contributed by atoms with van der Waals surface area (Å²) < 4.78 is 2.04. The molecule has 0 amide bonds. The second-order valence-corrected chi connectivity index (χ2v) is 5.95. The van der Waals surface area contributed by atoms with E-state index in [2.05, 4.69) is 45.1 Å². The van der Waals surface area contributed by atoms with E-state index in [-0.39, 0.29) is 5.56 Å². The van der Waals surface area contributed by atoms with Gasteiger partial charge in [-0.05, 0) is 43.1 Å². The van der Waals surface area contributed by atoms with E-state index in [0.29, 0.717) is 11.0 Å². The van der Waals surface area contributed by atoms with Crippen LogP contribution in [0.25, 0.3) is 0 Å². The van der Waals surface area contributed by atoms with E-state index in [1.54, 1.807) is 6.20 Å². The van der Waals surface area contributed by atoms with E-state index >= 15 is 0 Å². The Kier molecular flexibility index (Phi) is 7.92. The average Bonchev–Trinajstić information content (AvgIpc) is 2.46. The molecule has 0 saturated heterocycles. The Morgan fingerprint density at radius 1 is 1.29 bits per heavy atom. The van der Waals surface area contributed by atoms with E-state index in [9.17, 15) is 4.79 Å². The minimum atomic E-state index is -0.0929. The fourth-order valence-corrected chi connectivity index (χ4v) is 2.38. The summed E-state index contributed by atoms with van der Waals surface area (Å²) in [7, 11) is 3.95. The van der Waals surface area contributed by atoms with Crippen LogP contribution in [0.3, 0.4) is 0 Å². The zero-order valence-corrected chi connectivity index (χ0v) is 15.0. The zero-order chi connectivity index (χ0) is 15.8. The molecule has 1 N–H and O–H groups in total. The van der Waals surface area contributed by atoms with Gasteiger partial charge in [-0.1, -0.05) is 13.8 Å². The Labute approximate surface area is 135 Å². The topological polar surface area (TPSA) is 53.4 Å². The largest absolute Gasteiger partial charge is 0.381 e. The number of anilines is 1. The summed E-state index contributed by atoms with van der Waals surface area (Å²) in [5.74, 6) is 0. The van der Waals surface area contributed by atoms with Crippen molar-refractivity contribution >= 4 is 21.6 Å². The molecule has 6 nitrogen and oxygen atoms in total. The van der Waals surface area contributed by atoms with Crippen LogP contribution in [0.2, 0.25) is 0 Å². The van der Waals surface area contributed by atoms with E-state index in [4.69, 9.17) is 0 Å².